The molecule has 22 heavy (non-hydrogen) atoms. The standard InChI is InChI=1S/C16H13N5O/c1-11(22)18-9-12-3-2-4-13(7-12)15-5-6-21-16(20-15)14(8-17)10-19-21/h2-7,10H,9H2,1H3,(H,18,22). The van der Waals surface area contributed by atoms with E-state index >= 15 is 0 Å². The molecule has 0 spiro atoms. The van der Waals surface area contributed by atoms with Crippen molar-refractivity contribution in [3.63, 3.8) is 0 Å². The fourth-order valence-corrected chi connectivity index (χ4v) is 2.18. The zero-order valence-corrected chi connectivity index (χ0v) is 11.9. The summed E-state index contributed by atoms with van der Waals surface area (Å²) < 4.78 is 1.57. The second kappa shape index (κ2) is 5.66. The fourth-order valence-electron chi connectivity index (χ4n) is 2.18. The Balaban J connectivity index is 1.98. The van der Waals surface area contributed by atoms with Gasteiger partial charge in [-0.15, -0.1) is 0 Å². The van der Waals surface area contributed by atoms with Crippen molar-refractivity contribution in [2.75, 3.05) is 0 Å². The van der Waals surface area contributed by atoms with Gasteiger partial charge in [0.1, 0.15) is 11.6 Å². The number of benzene rings is 1. The molecule has 0 saturated heterocycles. The average molecular weight is 291 g/mol. The van der Waals surface area contributed by atoms with Gasteiger partial charge in [0.2, 0.25) is 5.91 Å². The summed E-state index contributed by atoms with van der Waals surface area (Å²) in [6, 6.07) is 11.7. The van der Waals surface area contributed by atoms with Crippen LogP contribution in [0.2, 0.25) is 0 Å². The molecule has 2 heterocycles. The topological polar surface area (TPSA) is 83.1 Å². The molecule has 6 nitrogen and oxygen atoms in total. The Bertz CT molecular complexity index is 891. The molecule has 0 bridgehead atoms. The van der Waals surface area contributed by atoms with Gasteiger partial charge in [-0.2, -0.15) is 10.4 Å². The highest BCUT2D eigenvalue weighted by Crippen LogP contribution is 2.20. The molecule has 1 N–H and O–H groups in total. The minimum Gasteiger partial charge on any atom is -0.352 e. The number of rotatable bonds is 3. The zero-order valence-electron chi connectivity index (χ0n) is 11.9. The van der Waals surface area contributed by atoms with E-state index in [1.165, 1.54) is 13.1 Å². The first-order valence-corrected chi connectivity index (χ1v) is 6.75. The number of hydrogen-bond donors (Lipinski definition) is 1. The molecule has 3 aromatic rings. The summed E-state index contributed by atoms with van der Waals surface area (Å²) in [6.07, 6.45) is 3.28. The first-order chi connectivity index (χ1) is 10.7. The van der Waals surface area contributed by atoms with E-state index in [1.807, 2.05) is 30.3 Å². The van der Waals surface area contributed by atoms with Gasteiger partial charge in [0.15, 0.2) is 5.65 Å². The Hall–Kier alpha value is -3.20. The Morgan fingerprint density at radius 2 is 2.27 bits per heavy atom. The molecular weight excluding hydrogens is 278 g/mol. The predicted molar refractivity (Wildman–Crippen MR) is 80.7 cm³/mol. The minimum absolute atomic E-state index is 0.0668. The van der Waals surface area contributed by atoms with E-state index in [0.717, 1.165) is 16.8 Å². The molecule has 6 heteroatoms. The van der Waals surface area contributed by atoms with Crippen LogP contribution < -0.4 is 5.32 Å². The maximum absolute atomic E-state index is 11.0. The Morgan fingerprint density at radius 1 is 1.41 bits per heavy atom. The van der Waals surface area contributed by atoms with E-state index in [4.69, 9.17) is 5.26 Å². The smallest absolute Gasteiger partial charge is 0.217 e. The summed E-state index contributed by atoms with van der Waals surface area (Å²) >= 11 is 0. The monoisotopic (exact) mass is 291 g/mol. The van der Waals surface area contributed by atoms with Crippen molar-refractivity contribution in [3.05, 3.63) is 53.9 Å². The van der Waals surface area contributed by atoms with Crippen LogP contribution in [0.4, 0.5) is 0 Å². The second-order valence-electron chi connectivity index (χ2n) is 4.86. The van der Waals surface area contributed by atoms with Crippen molar-refractivity contribution in [1.29, 1.82) is 5.26 Å². The number of hydrogen-bond acceptors (Lipinski definition) is 4. The van der Waals surface area contributed by atoms with Crippen LogP contribution in [-0.4, -0.2) is 20.5 Å². The summed E-state index contributed by atoms with van der Waals surface area (Å²) in [5, 5.41) is 15.9. The lowest BCUT2D eigenvalue weighted by Gasteiger charge is -2.06. The van der Waals surface area contributed by atoms with Gasteiger partial charge in [-0.25, -0.2) is 9.50 Å². The summed E-state index contributed by atoms with van der Waals surface area (Å²) in [5.41, 5.74) is 3.65. The Morgan fingerprint density at radius 3 is 3.05 bits per heavy atom. The average Bonchev–Trinajstić information content (AvgIpc) is 2.95. The molecule has 1 amide bonds. The van der Waals surface area contributed by atoms with Crippen molar-refractivity contribution in [2.24, 2.45) is 0 Å². The number of amides is 1. The van der Waals surface area contributed by atoms with Crippen LogP contribution in [0.15, 0.2) is 42.7 Å². The van der Waals surface area contributed by atoms with Crippen LogP contribution in [0.25, 0.3) is 16.9 Å². The molecule has 0 aliphatic carbocycles. The van der Waals surface area contributed by atoms with Crippen LogP contribution in [0.1, 0.15) is 18.1 Å². The highest BCUT2D eigenvalue weighted by Gasteiger charge is 2.07. The van der Waals surface area contributed by atoms with Crippen LogP contribution >= 0.6 is 0 Å². The number of aromatic nitrogens is 3. The number of carbonyl (C=O) groups excluding carboxylic acids is 1. The third-order valence-electron chi connectivity index (χ3n) is 3.25. The lowest BCUT2D eigenvalue weighted by Crippen LogP contribution is -2.18. The van der Waals surface area contributed by atoms with Gasteiger partial charge in [-0.3, -0.25) is 4.79 Å². The molecule has 0 saturated carbocycles. The Kier molecular flexibility index (Phi) is 3.54. The summed E-state index contributed by atoms with van der Waals surface area (Å²) in [7, 11) is 0. The molecule has 1 aromatic carbocycles. The van der Waals surface area contributed by atoms with E-state index in [-0.39, 0.29) is 5.91 Å². The molecule has 0 aliphatic heterocycles. The van der Waals surface area contributed by atoms with E-state index < -0.39 is 0 Å². The first-order valence-electron chi connectivity index (χ1n) is 6.75. The van der Waals surface area contributed by atoms with Crippen LogP contribution in [0.3, 0.4) is 0 Å². The minimum atomic E-state index is -0.0668. The first kappa shape index (κ1) is 13.8. The summed E-state index contributed by atoms with van der Waals surface area (Å²) in [6.45, 7) is 1.96. The molecule has 0 unspecified atom stereocenters. The molecule has 108 valence electrons. The number of fused-ring (bicyclic) bond motifs is 1. The largest absolute Gasteiger partial charge is 0.352 e. The normalized spacial score (nSPS) is 10.4. The maximum Gasteiger partial charge on any atom is 0.217 e. The van der Waals surface area contributed by atoms with E-state index in [2.05, 4.69) is 21.5 Å². The van der Waals surface area contributed by atoms with Gasteiger partial charge in [0, 0.05) is 25.2 Å². The highest BCUT2D eigenvalue weighted by molar-refractivity contribution is 5.73. The van der Waals surface area contributed by atoms with Crippen LogP contribution in [0, 0.1) is 11.3 Å². The highest BCUT2D eigenvalue weighted by atomic mass is 16.1. The van der Waals surface area contributed by atoms with Crippen molar-refractivity contribution in [2.45, 2.75) is 13.5 Å². The molecule has 0 fully saturated rings. The molecule has 3 rings (SSSR count). The quantitative estimate of drug-likeness (QED) is 0.799. The lowest BCUT2D eigenvalue weighted by atomic mass is 10.1. The van der Waals surface area contributed by atoms with Gasteiger partial charge in [0.25, 0.3) is 0 Å². The zero-order chi connectivity index (χ0) is 15.5. The van der Waals surface area contributed by atoms with Crippen molar-refractivity contribution < 1.29 is 4.79 Å². The summed E-state index contributed by atoms with van der Waals surface area (Å²) in [4.78, 5) is 15.5. The molecule has 2 aromatic heterocycles. The van der Waals surface area contributed by atoms with E-state index in [9.17, 15) is 4.79 Å². The third kappa shape index (κ3) is 2.65. The van der Waals surface area contributed by atoms with Crippen molar-refractivity contribution in [1.82, 2.24) is 19.9 Å². The predicted octanol–water partition coefficient (Wildman–Crippen LogP) is 1.90. The number of nitriles is 1. The number of carbonyl (C=O) groups is 1. The lowest BCUT2D eigenvalue weighted by molar-refractivity contribution is -0.119. The maximum atomic E-state index is 11.0. The molecule has 0 atom stereocenters. The van der Waals surface area contributed by atoms with Gasteiger partial charge in [0.05, 0.1) is 11.9 Å². The SMILES string of the molecule is CC(=O)NCc1cccc(-c2ccn3ncc(C#N)c3n2)c1. The summed E-state index contributed by atoms with van der Waals surface area (Å²) in [5.74, 6) is -0.0668. The van der Waals surface area contributed by atoms with Gasteiger partial charge in [-0.05, 0) is 17.7 Å². The van der Waals surface area contributed by atoms with E-state index in [0.29, 0.717) is 17.8 Å². The molecular formula is C16H13N5O. The van der Waals surface area contributed by atoms with Crippen molar-refractivity contribution in [3.8, 4) is 17.3 Å². The fraction of sp³-hybridized carbons (Fsp3) is 0.125. The molecule has 0 radical (unpaired) electrons. The van der Waals surface area contributed by atoms with Crippen LogP contribution in [-0.2, 0) is 11.3 Å². The van der Waals surface area contributed by atoms with Gasteiger partial charge < -0.3 is 5.32 Å². The second-order valence-corrected chi connectivity index (χ2v) is 4.86. The molecule has 0 aliphatic rings. The number of nitrogens with zero attached hydrogens (tertiary/aromatic N) is 4. The third-order valence-corrected chi connectivity index (χ3v) is 3.25. The van der Waals surface area contributed by atoms with Crippen LogP contribution in [0.5, 0.6) is 0 Å². The number of nitrogens with one attached hydrogen (secondary N) is 1. The van der Waals surface area contributed by atoms with Gasteiger partial charge in [-0.1, -0.05) is 18.2 Å². The van der Waals surface area contributed by atoms with Gasteiger partial charge >= 0.3 is 0 Å². The van der Waals surface area contributed by atoms with Crippen molar-refractivity contribution >= 4 is 11.6 Å². The Labute approximate surface area is 127 Å². The van der Waals surface area contributed by atoms with E-state index in [1.54, 1.807) is 10.7 Å².